The molecule has 12 nitrogen and oxygen atoms in total. The Morgan fingerprint density at radius 1 is 0.956 bits per heavy atom. The van der Waals surface area contributed by atoms with Crippen LogP contribution in [0.2, 0.25) is 0 Å². The van der Waals surface area contributed by atoms with Crippen LogP contribution in [0.5, 0.6) is 0 Å². The lowest BCUT2D eigenvalue weighted by molar-refractivity contribution is -0.122. The summed E-state index contributed by atoms with van der Waals surface area (Å²) in [7, 11) is -3.94. The van der Waals surface area contributed by atoms with E-state index in [1.165, 1.54) is 16.8 Å². The summed E-state index contributed by atoms with van der Waals surface area (Å²) in [6.45, 7) is -0.180. The number of aromatic nitrogens is 2. The number of carbonyl (C=O) groups is 2. The minimum atomic E-state index is -3.94. The van der Waals surface area contributed by atoms with Crippen molar-refractivity contribution < 1.29 is 18.0 Å². The summed E-state index contributed by atoms with van der Waals surface area (Å²) in [6.07, 6.45) is 3.12. The van der Waals surface area contributed by atoms with Gasteiger partial charge in [-0.15, -0.1) is 11.3 Å². The van der Waals surface area contributed by atoms with E-state index in [0.717, 1.165) is 16.9 Å². The van der Waals surface area contributed by atoms with Crippen LogP contribution in [0, 0.1) is 0 Å². The smallest absolute Gasteiger partial charge is 0.275 e. The van der Waals surface area contributed by atoms with E-state index in [4.69, 9.17) is 11.5 Å². The quantitative estimate of drug-likeness (QED) is 0.0616. The Kier molecular flexibility index (Phi) is 11.6. The fourth-order valence-corrected chi connectivity index (χ4v) is 6.48. The predicted octanol–water partition coefficient (Wildman–Crippen LogP) is 2.45. The molecule has 1 atom stereocenters. The maximum atomic E-state index is 13.7. The Labute approximate surface area is 265 Å². The molecule has 0 radical (unpaired) electrons. The number of anilines is 1. The van der Waals surface area contributed by atoms with Gasteiger partial charge in [0.1, 0.15) is 12.2 Å². The van der Waals surface area contributed by atoms with Gasteiger partial charge in [-0.1, -0.05) is 60.7 Å². The summed E-state index contributed by atoms with van der Waals surface area (Å²) in [5.74, 6) is -1.38. The van der Waals surface area contributed by atoms with Gasteiger partial charge in [0.25, 0.3) is 5.56 Å². The van der Waals surface area contributed by atoms with Crippen molar-refractivity contribution in [1.29, 1.82) is 0 Å². The van der Waals surface area contributed by atoms with Gasteiger partial charge < -0.3 is 21.4 Å². The molecular formula is C31H35N7O5S2. The van der Waals surface area contributed by atoms with E-state index in [1.807, 2.05) is 30.3 Å². The van der Waals surface area contributed by atoms with E-state index in [-0.39, 0.29) is 41.2 Å². The molecule has 6 N–H and O–H groups in total. The lowest BCUT2D eigenvalue weighted by Crippen LogP contribution is -2.44. The van der Waals surface area contributed by atoms with Crippen LogP contribution in [0.3, 0.4) is 0 Å². The van der Waals surface area contributed by atoms with Crippen molar-refractivity contribution in [3.63, 3.8) is 0 Å². The third-order valence-electron chi connectivity index (χ3n) is 6.78. The standard InChI is InChI=1S/C31H35N7O5S2/c32-31(33)35-17-7-12-25(28(40)29-34-18-19-44-29)36-27(39)20-38-24(14-13-22-8-3-1-4-9-22)15-16-26(30(38)41)37-45(42,43)21-23-10-5-2-6-11-23/h1-6,8-11,15-16,18-19,25,37H,7,12-14,17,20-21H2,(H,36,39)(H4,32,33,35)/t25-/m0/s1. The van der Waals surface area contributed by atoms with Crippen LogP contribution >= 0.6 is 11.3 Å². The van der Waals surface area contributed by atoms with E-state index < -0.39 is 34.1 Å². The van der Waals surface area contributed by atoms with Crippen LogP contribution in [0.1, 0.15) is 39.5 Å². The maximum Gasteiger partial charge on any atom is 0.275 e. The number of thiazole rings is 1. The third kappa shape index (κ3) is 10.1. The first-order valence-corrected chi connectivity index (χ1v) is 16.7. The highest BCUT2D eigenvalue weighted by molar-refractivity contribution is 7.91. The van der Waals surface area contributed by atoms with Crippen LogP contribution in [0.15, 0.2) is 94.2 Å². The molecule has 0 saturated carbocycles. The van der Waals surface area contributed by atoms with Gasteiger partial charge in [0.15, 0.2) is 11.0 Å². The van der Waals surface area contributed by atoms with Crippen LogP contribution in [0.25, 0.3) is 0 Å². The van der Waals surface area contributed by atoms with Gasteiger partial charge in [-0.05, 0) is 48.9 Å². The number of nitrogens with zero attached hydrogens (tertiary/aromatic N) is 3. The predicted molar refractivity (Wildman–Crippen MR) is 176 cm³/mol. The number of rotatable bonds is 16. The first-order valence-electron chi connectivity index (χ1n) is 14.2. The highest BCUT2D eigenvalue weighted by atomic mass is 32.2. The highest BCUT2D eigenvalue weighted by Crippen LogP contribution is 2.14. The Hall–Kier alpha value is -4.82. The normalized spacial score (nSPS) is 11.8. The van der Waals surface area contributed by atoms with Gasteiger partial charge in [-0.2, -0.15) is 0 Å². The number of carbonyl (C=O) groups excluding carboxylic acids is 2. The summed E-state index contributed by atoms with van der Waals surface area (Å²) >= 11 is 1.15. The number of Topliss-reactive ketones (excluding diaryl/α,β-unsaturated/α-hetero) is 1. The molecule has 0 spiro atoms. The Balaban J connectivity index is 1.58. The number of aliphatic imine (C=N–C) groups is 1. The molecule has 4 rings (SSSR count). The zero-order valence-electron chi connectivity index (χ0n) is 24.5. The topological polar surface area (TPSA) is 192 Å². The molecule has 0 unspecified atom stereocenters. The number of nitrogens with two attached hydrogens (primary N) is 2. The minimum Gasteiger partial charge on any atom is -0.370 e. The average molecular weight is 650 g/mol. The number of nitrogens with one attached hydrogen (secondary N) is 2. The minimum absolute atomic E-state index is 0.0801. The molecule has 2 aromatic heterocycles. The first-order chi connectivity index (χ1) is 21.6. The van der Waals surface area contributed by atoms with Gasteiger partial charge in [-0.25, -0.2) is 13.4 Å². The van der Waals surface area contributed by atoms with Crippen molar-refractivity contribution >= 4 is 44.7 Å². The summed E-state index contributed by atoms with van der Waals surface area (Å²) in [5.41, 5.74) is 12.1. The van der Waals surface area contributed by atoms with E-state index in [9.17, 15) is 22.8 Å². The van der Waals surface area contributed by atoms with Crippen molar-refractivity contribution in [2.24, 2.45) is 16.5 Å². The molecular weight excluding hydrogens is 615 g/mol. The van der Waals surface area contributed by atoms with Crippen molar-refractivity contribution in [2.45, 2.75) is 44.0 Å². The molecule has 2 aromatic carbocycles. The summed E-state index contributed by atoms with van der Waals surface area (Å²) in [6, 6.07) is 20.3. The largest absolute Gasteiger partial charge is 0.370 e. The van der Waals surface area contributed by atoms with Gasteiger partial charge in [0.05, 0.1) is 11.8 Å². The average Bonchev–Trinajstić information content (AvgIpc) is 3.56. The van der Waals surface area contributed by atoms with Crippen LogP contribution in [-0.2, 0) is 40.0 Å². The molecule has 0 bridgehead atoms. The number of guanidine groups is 1. The van der Waals surface area contributed by atoms with Crippen molar-refractivity contribution in [2.75, 3.05) is 11.3 Å². The lowest BCUT2D eigenvalue weighted by Gasteiger charge is -2.19. The van der Waals surface area contributed by atoms with Gasteiger partial charge in [0, 0.05) is 23.8 Å². The number of amides is 1. The first kappa shape index (κ1) is 33.1. The Bertz CT molecular complexity index is 1770. The second-order valence-corrected chi connectivity index (χ2v) is 12.8. The monoisotopic (exact) mass is 649 g/mol. The molecule has 236 valence electrons. The van der Waals surface area contributed by atoms with E-state index >= 15 is 0 Å². The molecule has 0 fully saturated rings. The van der Waals surface area contributed by atoms with Gasteiger partial charge in [-0.3, -0.25) is 24.1 Å². The molecule has 2 heterocycles. The fourth-order valence-electron chi connectivity index (χ4n) is 4.65. The summed E-state index contributed by atoms with van der Waals surface area (Å²) in [4.78, 5) is 48.3. The highest BCUT2D eigenvalue weighted by Gasteiger charge is 2.25. The van der Waals surface area contributed by atoms with E-state index in [2.05, 4.69) is 20.0 Å². The number of ketones is 1. The third-order valence-corrected chi connectivity index (χ3v) is 8.82. The second-order valence-electron chi connectivity index (χ2n) is 10.2. The summed E-state index contributed by atoms with van der Waals surface area (Å²) in [5, 5.41) is 4.63. The Morgan fingerprint density at radius 2 is 1.64 bits per heavy atom. The maximum absolute atomic E-state index is 13.7. The molecule has 1 amide bonds. The van der Waals surface area contributed by atoms with Crippen molar-refractivity contribution in [1.82, 2.24) is 14.9 Å². The van der Waals surface area contributed by atoms with Crippen LogP contribution < -0.4 is 27.1 Å². The number of hydrogen-bond acceptors (Lipinski definition) is 8. The van der Waals surface area contributed by atoms with Crippen molar-refractivity contribution in [3.05, 3.63) is 117 Å². The Morgan fingerprint density at radius 3 is 2.29 bits per heavy atom. The van der Waals surface area contributed by atoms with E-state index in [1.54, 1.807) is 41.8 Å². The zero-order chi connectivity index (χ0) is 32.2. The molecule has 4 aromatic rings. The molecule has 45 heavy (non-hydrogen) atoms. The number of sulfonamides is 1. The SMILES string of the molecule is NC(N)=NCCC[C@H](NC(=O)Cn1c(CCc2ccccc2)ccc(NS(=O)(=O)Cc2ccccc2)c1=O)C(=O)c1nccs1. The molecule has 0 aliphatic carbocycles. The molecule has 14 heteroatoms. The lowest BCUT2D eigenvalue weighted by atomic mass is 10.1. The molecule has 0 aliphatic heterocycles. The number of benzene rings is 2. The van der Waals surface area contributed by atoms with E-state index in [0.29, 0.717) is 30.5 Å². The zero-order valence-corrected chi connectivity index (χ0v) is 26.1. The number of hydrogen-bond donors (Lipinski definition) is 4. The van der Waals surface area contributed by atoms with Crippen LogP contribution in [0.4, 0.5) is 5.69 Å². The fraction of sp³-hybridized carbons (Fsp3) is 0.258. The molecule has 0 aliphatic rings. The second kappa shape index (κ2) is 15.8. The van der Waals surface area contributed by atoms with Crippen molar-refractivity contribution in [3.8, 4) is 0 Å². The molecule has 0 saturated heterocycles. The van der Waals surface area contributed by atoms with Gasteiger partial charge in [0.2, 0.25) is 21.7 Å². The number of pyridine rings is 1. The number of aryl methyl sites for hydroxylation is 2. The van der Waals surface area contributed by atoms with Gasteiger partial charge >= 0.3 is 0 Å². The summed E-state index contributed by atoms with van der Waals surface area (Å²) < 4.78 is 29.5. The van der Waals surface area contributed by atoms with Crippen LogP contribution in [-0.4, -0.2) is 48.2 Å².